The van der Waals surface area contributed by atoms with E-state index in [0.29, 0.717) is 5.56 Å². The topological polar surface area (TPSA) is 38.8 Å². The predicted molar refractivity (Wildman–Crippen MR) is 92.2 cm³/mol. The highest BCUT2D eigenvalue weighted by Crippen LogP contribution is 2.43. The van der Waals surface area contributed by atoms with Gasteiger partial charge in [-0.15, -0.1) is 11.8 Å². The second-order valence-corrected chi connectivity index (χ2v) is 6.38. The van der Waals surface area contributed by atoms with Gasteiger partial charge in [0, 0.05) is 23.4 Å². The number of hydrogen-bond donors (Lipinski definition) is 0. The number of benzene rings is 2. The molecule has 0 spiro atoms. The Morgan fingerprint density at radius 1 is 1.13 bits per heavy atom. The van der Waals surface area contributed by atoms with E-state index in [1.807, 2.05) is 53.4 Å². The van der Waals surface area contributed by atoms with Gasteiger partial charge in [0.15, 0.2) is 0 Å². The van der Waals surface area contributed by atoms with Crippen molar-refractivity contribution in [2.45, 2.75) is 5.37 Å². The molecule has 5 heteroatoms. The van der Waals surface area contributed by atoms with Gasteiger partial charge >= 0.3 is 0 Å². The van der Waals surface area contributed by atoms with Crippen LogP contribution in [0.1, 0.15) is 21.3 Å². The molecule has 23 heavy (non-hydrogen) atoms. The van der Waals surface area contributed by atoms with E-state index in [0.717, 1.165) is 29.4 Å². The fourth-order valence-electron chi connectivity index (χ4n) is 2.71. The van der Waals surface area contributed by atoms with Crippen molar-refractivity contribution >= 4 is 17.7 Å². The maximum absolute atomic E-state index is 12.8. The lowest BCUT2D eigenvalue weighted by molar-refractivity contribution is 0.0759. The maximum atomic E-state index is 12.8. The molecule has 1 atom stereocenters. The zero-order chi connectivity index (χ0) is 16.2. The van der Waals surface area contributed by atoms with Gasteiger partial charge in [-0.3, -0.25) is 4.79 Å². The fraction of sp³-hybridized carbons (Fsp3) is 0.278. The third-order valence-corrected chi connectivity index (χ3v) is 5.12. The Kier molecular flexibility index (Phi) is 4.76. The van der Waals surface area contributed by atoms with Crippen molar-refractivity contribution in [3.63, 3.8) is 0 Å². The lowest BCUT2D eigenvalue weighted by Gasteiger charge is -2.26. The Hall–Kier alpha value is -2.14. The molecule has 0 saturated carbocycles. The van der Waals surface area contributed by atoms with Crippen LogP contribution in [0.5, 0.6) is 11.5 Å². The number of carbonyl (C=O) groups is 1. The number of thioether (sulfide) groups is 1. The zero-order valence-electron chi connectivity index (χ0n) is 13.2. The third-order valence-electron chi connectivity index (χ3n) is 3.88. The largest absolute Gasteiger partial charge is 0.497 e. The molecule has 1 heterocycles. The second-order valence-electron chi connectivity index (χ2n) is 5.20. The first-order valence-corrected chi connectivity index (χ1v) is 8.49. The SMILES string of the molecule is COc1ccc(OC)c([C@H]2SCCN2C(=O)c2ccccc2)c1. The molecule has 1 aliphatic rings. The number of amides is 1. The molecule has 0 aromatic heterocycles. The summed E-state index contributed by atoms with van der Waals surface area (Å²) in [5.41, 5.74) is 1.68. The molecule has 3 rings (SSSR count). The lowest BCUT2D eigenvalue weighted by atomic mass is 10.1. The van der Waals surface area contributed by atoms with Crippen molar-refractivity contribution < 1.29 is 14.3 Å². The van der Waals surface area contributed by atoms with Crippen LogP contribution in [-0.4, -0.2) is 37.3 Å². The van der Waals surface area contributed by atoms with E-state index in [2.05, 4.69) is 0 Å². The molecule has 0 unspecified atom stereocenters. The third kappa shape index (κ3) is 3.15. The average molecular weight is 329 g/mol. The molecule has 1 amide bonds. The first-order valence-electron chi connectivity index (χ1n) is 7.44. The van der Waals surface area contributed by atoms with Gasteiger partial charge in [-0.25, -0.2) is 0 Å². The summed E-state index contributed by atoms with van der Waals surface area (Å²) in [6, 6.07) is 15.1. The number of hydrogen-bond acceptors (Lipinski definition) is 4. The van der Waals surface area contributed by atoms with Crippen LogP contribution in [0.2, 0.25) is 0 Å². The summed E-state index contributed by atoms with van der Waals surface area (Å²) in [5.74, 6) is 2.49. The Morgan fingerprint density at radius 2 is 1.91 bits per heavy atom. The van der Waals surface area contributed by atoms with Crippen LogP contribution in [0.15, 0.2) is 48.5 Å². The summed E-state index contributed by atoms with van der Waals surface area (Å²) in [6.45, 7) is 0.726. The first kappa shape index (κ1) is 15.7. The molecular weight excluding hydrogens is 310 g/mol. The molecule has 0 bridgehead atoms. The quantitative estimate of drug-likeness (QED) is 0.859. The Bertz CT molecular complexity index is 690. The average Bonchev–Trinajstić information content (AvgIpc) is 3.10. The van der Waals surface area contributed by atoms with E-state index in [4.69, 9.17) is 9.47 Å². The molecule has 0 aliphatic carbocycles. The molecule has 1 aliphatic heterocycles. The van der Waals surface area contributed by atoms with Gasteiger partial charge in [0.05, 0.1) is 14.2 Å². The summed E-state index contributed by atoms with van der Waals surface area (Å²) in [6.07, 6.45) is 0. The zero-order valence-corrected chi connectivity index (χ0v) is 14.0. The predicted octanol–water partition coefficient (Wildman–Crippen LogP) is 3.59. The van der Waals surface area contributed by atoms with Crippen LogP contribution in [0, 0.1) is 0 Å². The molecule has 0 N–H and O–H groups in total. The summed E-state index contributed by atoms with van der Waals surface area (Å²) >= 11 is 1.74. The number of nitrogens with zero attached hydrogens (tertiary/aromatic N) is 1. The van der Waals surface area contributed by atoms with Gasteiger partial charge in [0.2, 0.25) is 0 Å². The summed E-state index contributed by atoms with van der Waals surface area (Å²) < 4.78 is 10.8. The monoisotopic (exact) mass is 329 g/mol. The van der Waals surface area contributed by atoms with Gasteiger partial charge in [-0.05, 0) is 30.3 Å². The number of ether oxygens (including phenoxy) is 2. The number of carbonyl (C=O) groups excluding carboxylic acids is 1. The van der Waals surface area contributed by atoms with Crippen LogP contribution >= 0.6 is 11.8 Å². The highest BCUT2D eigenvalue weighted by atomic mass is 32.2. The molecule has 2 aromatic carbocycles. The molecule has 120 valence electrons. The van der Waals surface area contributed by atoms with Crippen LogP contribution < -0.4 is 9.47 Å². The van der Waals surface area contributed by atoms with Crippen LogP contribution in [0.25, 0.3) is 0 Å². The van der Waals surface area contributed by atoms with Gasteiger partial charge in [-0.2, -0.15) is 0 Å². The summed E-state index contributed by atoms with van der Waals surface area (Å²) in [7, 11) is 3.29. The van der Waals surface area contributed by atoms with Gasteiger partial charge in [0.25, 0.3) is 5.91 Å². The van der Waals surface area contributed by atoms with E-state index in [1.165, 1.54) is 0 Å². The molecule has 0 radical (unpaired) electrons. The minimum atomic E-state index is -0.0623. The van der Waals surface area contributed by atoms with E-state index in [1.54, 1.807) is 26.0 Å². The van der Waals surface area contributed by atoms with E-state index in [9.17, 15) is 4.79 Å². The molecule has 1 saturated heterocycles. The van der Waals surface area contributed by atoms with Crippen LogP contribution in [-0.2, 0) is 0 Å². The van der Waals surface area contributed by atoms with Crippen molar-refractivity contribution in [1.29, 1.82) is 0 Å². The minimum absolute atomic E-state index is 0.0467. The van der Waals surface area contributed by atoms with Gasteiger partial charge in [0.1, 0.15) is 16.9 Å². The van der Waals surface area contributed by atoms with Crippen LogP contribution in [0.3, 0.4) is 0 Å². The van der Waals surface area contributed by atoms with Gasteiger partial charge < -0.3 is 14.4 Å². The van der Waals surface area contributed by atoms with Crippen LogP contribution in [0.4, 0.5) is 0 Å². The number of methoxy groups -OCH3 is 2. The summed E-state index contributed by atoms with van der Waals surface area (Å²) in [5, 5.41) is -0.0623. The van der Waals surface area contributed by atoms with E-state index < -0.39 is 0 Å². The van der Waals surface area contributed by atoms with E-state index >= 15 is 0 Å². The Balaban J connectivity index is 1.94. The minimum Gasteiger partial charge on any atom is -0.497 e. The van der Waals surface area contributed by atoms with Gasteiger partial charge in [-0.1, -0.05) is 18.2 Å². The van der Waals surface area contributed by atoms with Crippen molar-refractivity contribution in [3.05, 3.63) is 59.7 Å². The molecular formula is C18H19NO3S. The highest BCUT2D eigenvalue weighted by Gasteiger charge is 2.33. The fourth-order valence-corrected chi connectivity index (χ4v) is 3.98. The van der Waals surface area contributed by atoms with Crippen molar-refractivity contribution in [1.82, 2.24) is 4.90 Å². The highest BCUT2D eigenvalue weighted by molar-refractivity contribution is 7.99. The maximum Gasteiger partial charge on any atom is 0.255 e. The normalized spacial score (nSPS) is 17.1. The Morgan fingerprint density at radius 3 is 2.61 bits per heavy atom. The van der Waals surface area contributed by atoms with Crippen molar-refractivity contribution in [2.75, 3.05) is 26.5 Å². The molecule has 1 fully saturated rings. The molecule has 2 aromatic rings. The van der Waals surface area contributed by atoms with Crippen molar-refractivity contribution in [2.24, 2.45) is 0 Å². The number of rotatable bonds is 4. The Labute approximate surface area is 140 Å². The lowest BCUT2D eigenvalue weighted by Crippen LogP contribution is -2.30. The second kappa shape index (κ2) is 6.96. The van der Waals surface area contributed by atoms with E-state index in [-0.39, 0.29) is 11.3 Å². The summed E-state index contributed by atoms with van der Waals surface area (Å²) in [4.78, 5) is 14.7. The standard InChI is InChI=1S/C18H19NO3S/c1-21-14-8-9-16(22-2)15(12-14)18-19(10-11-23-18)17(20)13-6-4-3-5-7-13/h3-9,12,18H,10-11H2,1-2H3/t18-/m1/s1. The molecule has 4 nitrogen and oxygen atoms in total. The first-order chi connectivity index (χ1) is 11.2. The smallest absolute Gasteiger partial charge is 0.255 e. The van der Waals surface area contributed by atoms with Crippen molar-refractivity contribution in [3.8, 4) is 11.5 Å².